The third kappa shape index (κ3) is 7.04. The summed E-state index contributed by atoms with van der Waals surface area (Å²) in [5.74, 6) is -0.370. The van der Waals surface area contributed by atoms with Crippen molar-refractivity contribution >= 4 is 16.1 Å². The van der Waals surface area contributed by atoms with Gasteiger partial charge in [-0.3, -0.25) is 4.98 Å². The minimum absolute atomic E-state index is 0.297. The lowest BCUT2D eigenvalue weighted by atomic mass is 9.95. The van der Waals surface area contributed by atoms with Crippen LogP contribution in [0.1, 0.15) is 64.5 Å². The fraction of sp³-hybridized carbons (Fsp3) is 0.478. The number of aryl methyl sites for hydroxylation is 1. The molecule has 2 aromatic rings. The molecule has 0 saturated carbocycles. The number of nitrogens with zero attached hydrogens (tertiary/aromatic N) is 1. The van der Waals surface area contributed by atoms with Crippen LogP contribution in [0.2, 0.25) is 0 Å². The minimum atomic E-state index is -3.97. The van der Waals surface area contributed by atoms with Crippen LogP contribution in [0.5, 0.6) is 5.75 Å². The molecule has 2 rings (SSSR count). The highest BCUT2D eigenvalue weighted by Gasteiger charge is 2.43. The fourth-order valence-corrected chi connectivity index (χ4v) is 3.66. The highest BCUT2D eigenvalue weighted by molar-refractivity contribution is 7.86. The Hall–Kier alpha value is -2.45. The number of aromatic nitrogens is 1. The van der Waals surface area contributed by atoms with E-state index >= 15 is 0 Å². The number of carbonyl (C=O) groups excluding carboxylic acids is 1. The second-order valence-corrected chi connectivity index (χ2v) is 10.1. The average Bonchev–Trinajstić information content (AvgIpc) is 2.65. The number of rotatable bonds is 8. The molecule has 0 radical (unpaired) electrons. The van der Waals surface area contributed by atoms with Gasteiger partial charge in [-0.15, -0.1) is 0 Å². The first-order chi connectivity index (χ1) is 14.2. The standard InChI is InChI=1S/C23H31NO6S/c1-8-17-12-13-20(24-15-17)16(2)28-19-11-9-10-18(14-19)23(6,30-31(7,26)27)21(25)29-22(3,4)5/h9-16H,8H2,1-7H3. The van der Waals surface area contributed by atoms with Crippen LogP contribution in [0.3, 0.4) is 0 Å². The van der Waals surface area contributed by atoms with Crippen molar-refractivity contribution < 1.29 is 26.9 Å². The first-order valence-corrected chi connectivity index (χ1v) is 11.9. The zero-order chi connectivity index (χ0) is 23.4. The number of hydrogen-bond acceptors (Lipinski definition) is 7. The summed E-state index contributed by atoms with van der Waals surface area (Å²) in [6.45, 7) is 10.4. The Labute approximate surface area is 184 Å². The van der Waals surface area contributed by atoms with Crippen LogP contribution in [-0.4, -0.2) is 31.2 Å². The lowest BCUT2D eigenvalue weighted by Crippen LogP contribution is -2.42. The van der Waals surface area contributed by atoms with Gasteiger partial charge in [0, 0.05) is 6.20 Å². The third-order valence-electron chi connectivity index (χ3n) is 4.48. The van der Waals surface area contributed by atoms with Gasteiger partial charge in [-0.2, -0.15) is 8.42 Å². The molecule has 0 fully saturated rings. The molecule has 0 spiro atoms. The van der Waals surface area contributed by atoms with Gasteiger partial charge in [0.05, 0.1) is 11.9 Å². The van der Waals surface area contributed by atoms with Gasteiger partial charge in [-0.25, -0.2) is 8.98 Å². The van der Waals surface area contributed by atoms with E-state index in [4.69, 9.17) is 13.7 Å². The molecule has 0 bridgehead atoms. The van der Waals surface area contributed by atoms with E-state index in [1.54, 1.807) is 45.0 Å². The molecular weight excluding hydrogens is 418 g/mol. The molecule has 2 unspecified atom stereocenters. The molecule has 1 aromatic carbocycles. The molecule has 170 valence electrons. The number of benzene rings is 1. The Bertz CT molecular complexity index is 1010. The number of esters is 1. The molecule has 0 N–H and O–H groups in total. The molecule has 7 nitrogen and oxygen atoms in total. The van der Waals surface area contributed by atoms with Crippen molar-refractivity contribution in [1.29, 1.82) is 0 Å². The summed E-state index contributed by atoms with van der Waals surface area (Å²) in [7, 11) is -3.97. The molecule has 0 amide bonds. The Morgan fingerprint density at radius 2 is 1.81 bits per heavy atom. The van der Waals surface area contributed by atoms with Crippen LogP contribution in [0.15, 0.2) is 42.6 Å². The van der Waals surface area contributed by atoms with Gasteiger partial charge < -0.3 is 9.47 Å². The Balaban J connectivity index is 2.36. The van der Waals surface area contributed by atoms with Crippen LogP contribution in [0.4, 0.5) is 0 Å². The molecule has 1 heterocycles. The Morgan fingerprint density at radius 3 is 2.32 bits per heavy atom. The van der Waals surface area contributed by atoms with Crippen molar-refractivity contribution in [1.82, 2.24) is 4.98 Å². The number of ether oxygens (including phenoxy) is 2. The van der Waals surface area contributed by atoms with Crippen molar-refractivity contribution in [3.05, 3.63) is 59.4 Å². The lowest BCUT2D eigenvalue weighted by Gasteiger charge is -2.31. The molecular formula is C23H31NO6S. The predicted molar refractivity (Wildman–Crippen MR) is 118 cm³/mol. The van der Waals surface area contributed by atoms with Gasteiger partial charge >= 0.3 is 5.97 Å². The Kier molecular flexibility index (Phi) is 7.49. The quantitative estimate of drug-likeness (QED) is 0.438. The second kappa shape index (κ2) is 9.36. The number of hydrogen-bond donors (Lipinski definition) is 0. The van der Waals surface area contributed by atoms with Crippen LogP contribution in [-0.2, 0) is 35.9 Å². The highest BCUT2D eigenvalue weighted by atomic mass is 32.2. The fourth-order valence-electron chi connectivity index (χ4n) is 2.89. The summed E-state index contributed by atoms with van der Waals surface area (Å²) in [5, 5.41) is 0. The molecule has 0 aliphatic heterocycles. The molecule has 0 aliphatic carbocycles. The summed E-state index contributed by atoms with van der Waals surface area (Å²) in [6.07, 6.45) is 3.24. The van der Waals surface area contributed by atoms with Gasteiger partial charge in [-0.1, -0.05) is 25.1 Å². The number of pyridine rings is 1. The normalized spacial score (nSPS) is 15.1. The summed E-state index contributed by atoms with van der Waals surface area (Å²) < 4.78 is 40.5. The maximum absolute atomic E-state index is 12.9. The zero-order valence-corrected chi connectivity index (χ0v) is 19.9. The average molecular weight is 450 g/mol. The van der Waals surface area contributed by atoms with E-state index < -0.39 is 27.3 Å². The third-order valence-corrected chi connectivity index (χ3v) is 5.11. The molecule has 1 aromatic heterocycles. The van der Waals surface area contributed by atoms with E-state index in [2.05, 4.69) is 11.9 Å². The van der Waals surface area contributed by atoms with Gasteiger partial charge in [0.1, 0.15) is 17.5 Å². The van der Waals surface area contributed by atoms with E-state index in [0.29, 0.717) is 11.3 Å². The molecule has 0 aliphatic rings. The van der Waals surface area contributed by atoms with Gasteiger partial charge in [0.2, 0.25) is 5.60 Å². The predicted octanol–water partition coefficient (Wildman–Crippen LogP) is 4.32. The maximum Gasteiger partial charge on any atom is 0.344 e. The van der Waals surface area contributed by atoms with E-state index in [9.17, 15) is 13.2 Å². The first kappa shape index (κ1) is 24.8. The van der Waals surface area contributed by atoms with Gasteiger partial charge in [0.15, 0.2) is 0 Å². The first-order valence-electron chi connectivity index (χ1n) is 10.1. The van der Waals surface area contributed by atoms with Crippen LogP contribution >= 0.6 is 0 Å². The van der Waals surface area contributed by atoms with Crippen LogP contribution < -0.4 is 4.74 Å². The monoisotopic (exact) mass is 449 g/mol. The molecule has 31 heavy (non-hydrogen) atoms. The largest absolute Gasteiger partial charge is 0.484 e. The Morgan fingerprint density at radius 1 is 1.13 bits per heavy atom. The SMILES string of the molecule is CCc1ccc(C(C)Oc2cccc(C(C)(OS(C)(=O)=O)C(=O)OC(C)(C)C)c2)nc1. The minimum Gasteiger partial charge on any atom is -0.484 e. The van der Waals surface area contributed by atoms with E-state index in [0.717, 1.165) is 23.9 Å². The van der Waals surface area contributed by atoms with Gasteiger partial charge in [0.25, 0.3) is 10.1 Å². The highest BCUT2D eigenvalue weighted by Crippen LogP contribution is 2.33. The van der Waals surface area contributed by atoms with Crippen molar-refractivity contribution in [2.45, 2.75) is 65.3 Å². The van der Waals surface area contributed by atoms with Crippen LogP contribution in [0, 0.1) is 0 Å². The molecule has 0 saturated heterocycles. The summed E-state index contributed by atoms with van der Waals surface area (Å²) in [4.78, 5) is 17.3. The van der Waals surface area contributed by atoms with E-state index in [1.807, 2.05) is 25.3 Å². The van der Waals surface area contributed by atoms with Crippen molar-refractivity contribution in [2.75, 3.05) is 6.26 Å². The second-order valence-electron chi connectivity index (χ2n) is 8.56. The maximum atomic E-state index is 12.9. The van der Waals surface area contributed by atoms with Crippen molar-refractivity contribution in [3.8, 4) is 5.75 Å². The van der Waals surface area contributed by atoms with Crippen molar-refractivity contribution in [3.63, 3.8) is 0 Å². The molecule has 2 atom stereocenters. The topological polar surface area (TPSA) is 91.8 Å². The summed E-state index contributed by atoms with van der Waals surface area (Å²) in [6, 6.07) is 10.5. The van der Waals surface area contributed by atoms with Crippen LogP contribution in [0.25, 0.3) is 0 Å². The van der Waals surface area contributed by atoms with Crippen molar-refractivity contribution in [2.24, 2.45) is 0 Å². The zero-order valence-electron chi connectivity index (χ0n) is 19.1. The number of carbonyl (C=O) groups is 1. The van der Waals surface area contributed by atoms with E-state index in [1.165, 1.54) is 6.92 Å². The lowest BCUT2D eigenvalue weighted by molar-refractivity contribution is -0.173. The summed E-state index contributed by atoms with van der Waals surface area (Å²) in [5.41, 5.74) is -0.511. The molecule has 8 heteroatoms. The smallest absolute Gasteiger partial charge is 0.344 e. The summed E-state index contributed by atoms with van der Waals surface area (Å²) >= 11 is 0. The van der Waals surface area contributed by atoms with Gasteiger partial charge in [-0.05, 0) is 70.4 Å². The van der Waals surface area contributed by atoms with E-state index in [-0.39, 0.29) is 6.10 Å².